The summed E-state index contributed by atoms with van der Waals surface area (Å²) in [6.45, 7) is 3.75. The minimum Gasteiger partial charge on any atom is -0.507 e. The van der Waals surface area contributed by atoms with Gasteiger partial charge in [0.15, 0.2) is 11.6 Å². The van der Waals surface area contributed by atoms with Crippen molar-refractivity contribution in [2.45, 2.75) is 26.2 Å². The first kappa shape index (κ1) is 20.3. The third kappa shape index (κ3) is 4.22. The molecule has 6 nitrogen and oxygen atoms in total. The van der Waals surface area contributed by atoms with Gasteiger partial charge in [-0.15, -0.1) is 0 Å². The van der Waals surface area contributed by atoms with Gasteiger partial charge in [-0.3, -0.25) is 9.59 Å². The molecule has 2 aromatic carbocycles. The van der Waals surface area contributed by atoms with Gasteiger partial charge in [0.05, 0.1) is 27.8 Å². The van der Waals surface area contributed by atoms with Crippen LogP contribution in [0.25, 0.3) is 0 Å². The Labute approximate surface area is 158 Å². The number of carbonyl (C=O) groups excluding carboxylic acids is 2. The lowest BCUT2D eigenvalue weighted by atomic mass is 9.93. The van der Waals surface area contributed by atoms with Gasteiger partial charge in [0.25, 0.3) is 0 Å². The average molecular weight is 372 g/mol. The Kier molecular flexibility index (Phi) is 6.45. The number of aromatic hydroxyl groups is 1. The van der Waals surface area contributed by atoms with Crippen LogP contribution in [0.5, 0.6) is 23.0 Å². The SMILES string of the molecule is COc1ccc(C(=O)CC(=O)c2c(OC)cc(OC)c(C(C)C)c2O)cc1. The molecule has 0 amide bonds. The largest absolute Gasteiger partial charge is 0.507 e. The minimum atomic E-state index is -0.519. The molecule has 144 valence electrons. The van der Waals surface area contributed by atoms with Crippen LogP contribution >= 0.6 is 0 Å². The smallest absolute Gasteiger partial charge is 0.178 e. The predicted molar refractivity (Wildman–Crippen MR) is 102 cm³/mol. The molecule has 0 aliphatic heterocycles. The topological polar surface area (TPSA) is 82.1 Å². The highest BCUT2D eigenvalue weighted by molar-refractivity contribution is 6.15. The van der Waals surface area contributed by atoms with Gasteiger partial charge in [0.1, 0.15) is 28.6 Å². The maximum Gasteiger partial charge on any atom is 0.178 e. The molecular weight excluding hydrogens is 348 g/mol. The van der Waals surface area contributed by atoms with Crippen molar-refractivity contribution in [2.24, 2.45) is 0 Å². The summed E-state index contributed by atoms with van der Waals surface area (Å²) in [7, 11) is 4.41. The molecule has 2 rings (SSSR count). The molecule has 2 aromatic rings. The molecule has 0 aliphatic rings. The number of rotatable bonds is 8. The molecule has 1 N–H and O–H groups in total. The van der Waals surface area contributed by atoms with Gasteiger partial charge in [-0.25, -0.2) is 0 Å². The fraction of sp³-hybridized carbons (Fsp3) is 0.333. The number of phenolic OH excluding ortho intramolecular Hbond substituents is 1. The Balaban J connectivity index is 2.39. The molecular formula is C21H24O6. The first-order chi connectivity index (χ1) is 12.8. The van der Waals surface area contributed by atoms with Crippen LogP contribution in [-0.4, -0.2) is 38.0 Å². The number of hydrogen-bond acceptors (Lipinski definition) is 6. The van der Waals surface area contributed by atoms with Crippen molar-refractivity contribution in [1.29, 1.82) is 0 Å². The number of benzene rings is 2. The van der Waals surface area contributed by atoms with E-state index < -0.39 is 5.78 Å². The molecule has 6 heteroatoms. The predicted octanol–water partition coefficient (Wildman–Crippen LogP) is 4.00. The second-order valence-electron chi connectivity index (χ2n) is 6.32. The summed E-state index contributed by atoms with van der Waals surface area (Å²) in [4.78, 5) is 25.3. The van der Waals surface area contributed by atoms with Crippen LogP contribution in [0.3, 0.4) is 0 Å². The van der Waals surface area contributed by atoms with Crippen LogP contribution in [0.1, 0.15) is 52.5 Å². The average Bonchev–Trinajstić information content (AvgIpc) is 2.66. The van der Waals surface area contributed by atoms with Gasteiger partial charge in [0.2, 0.25) is 0 Å². The van der Waals surface area contributed by atoms with Crippen molar-refractivity contribution in [2.75, 3.05) is 21.3 Å². The molecule has 0 atom stereocenters. The second kappa shape index (κ2) is 8.58. The minimum absolute atomic E-state index is 0.0103. The maximum absolute atomic E-state index is 12.8. The summed E-state index contributed by atoms with van der Waals surface area (Å²) >= 11 is 0. The van der Waals surface area contributed by atoms with E-state index in [1.807, 2.05) is 13.8 Å². The van der Waals surface area contributed by atoms with Gasteiger partial charge >= 0.3 is 0 Å². The zero-order valence-electron chi connectivity index (χ0n) is 16.2. The van der Waals surface area contributed by atoms with Crippen molar-refractivity contribution >= 4 is 11.6 Å². The standard InChI is InChI=1S/C21H24O6/c1-12(2)19-17(26-4)11-18(27-5)20(21(19)24)16(23)10-15(22)13-6-8-14(25-3)9-7-13/h6-9,11-12,24H,10H2,1-5H3. The number of methoxy groups -OCH3 is 3. The molecule has 0 aliphatic carbocycles. The molecule has 0 aromatic heterocycles. The summed E-state index contributed by atoms with van der Waals surface area (Å²) in [6, 6.07) is 8.05. The molecule has 0 saturated heterocycles. The third-order valence-corrected chi connectivity index (χ3v) is 4.30. The maximum atomic E-state index is 12.8. The third-order valence-electron chi connectivity index (χ3n) is 4.30. The first-order valence-electron chi connectivity index (χ1n) is 8.52. The quantitative estimate of drug-likeness (QED) is 0.557. The van der Waals surface area contributed by atoms with Gasteiger partial charge in [-0.05, 0) is 30.2 Å². The van der Waals surface area contributed by atoms with E-state index in [4.69, 9.17) is 14.2 Å². The van der Waals surface area contributed by atoms with Crippen LogP contribution < -0.4 is 14.2 Å². The second-order valence-corrected chi connectivity index (χ2v) is 6.32. The zero-order valence-corrected chi connectivity index (χ0v) is 16.2. The number of ether oxygens (including phenoxy) is 3. The van der Waals surface area contributed by atoms with Crippen LogP contribution in [-0.2, 0) is 0 Å². The van der Waals surface area contributed by atoms with Gasteiger partial charge in [-0.2, -0.15) is 0 Å². The monoisotopic (exact) mass is 372 g/mol. The molecule has 0 heterocycles. The van der Waals surface area contributed by atoms with Crippen LogP contribution in [0.4, 0.5) is 0 Å². The van der Waals surface area contributed by atoms with Crippen LogP contribution in [0, 0.1) is 0 Å². The van der Waals surface area contributed by atoms with E-state index in [0.717, 1.165) is 0 Å². The van der Waals surface area contributed by atoms with Crippen molar-refractivity contribution in [3.63, 3.8) is 0 Å². The van der Waals surface area contributed by atoms with Crippen molar-refractivity contribution in [3.8, 4) is 23.0 Å². The van der Waals surface area contributed by atoms with Crippen molar-refractivity contribution in [3.05, 3.63) is 47.0 Å². The van der Waals surface area contributed by atoms with E-state index in [1.54, 1.807) is 30.3 Å². The number of Topliss-reactive ketones (excluding diaryl/α,β-unsaturated/α-hetero) is 2. The van der Waals surface area contributed by atoms with E-state index in [-0.39, 0.29) is 35.2 Å². The molecule has 0 fully saturated rings. The lowest BCUT2D eigenvalue weighted by Crippen LogP contribution is -2.12. The molecule has 0 spiro atoms. The van der Waals surface area contributed by atoms with E-state index in [0.29, 0.717) is 22.6 Å². The van der Waals surface area contributed by atoms with Crippen LogP contribution in [0.15, 0.2) is 30.3 Å². The highest BCUT2D eigenvalue weighted by Gasteiger charge is 2.27. The van der Waals surface area contributed by atoms with E-state index in [1.165, 1.54) is 21.3 Å². The lowest BCUT2D eigenvalue weighted by Gasteiger charge is -2.19. The molecule has 0 unspecified atom stereocenters. The molecule has 0 bridgehead atoms. The summed E-state index contributed by atoms with van der Waals surface area (Å²) in [5.41, 5.74) is 0.877. The lowest BCUT2D eigenvalue weighted by molar-refractivity contribution is 0.0891. The first-order valence-corrected chi connectivity index (χ1v) is 8.52. The summed E-state index contributed by atoms with van der Waals surface area (Å²) in [5.74, 6) is 0.0387. The summed E-state index contributed by atoms with van der Waals surface area (Å²) in [5, 5.41) is 10.7. The van der Waals surface area contributed by atoms with Crippen LogP contribution in [0.2, 0.25) is 0 Å². The van der Waals surface area contributed by atoms with Gasteiger partial charge in [0, 0.05) is 17.2 Å². The fourth-order valence-corrected chi connectivity index (χ4v) is 2.91. The Bertz CT molecular complexity index is 837. The molecule has 0 saturated carbocycles. The normalized spacial score (nSPS) is 10.6. The Hall–Kier alpha value is -3.02. The number of carbonyl (C=O) groups is 2. The van der Waals surface area contributed by atoms with E-state index >= 15 is 0 Å². The Morgan fingerprint density at radius 2 is 1.52 bits per heavy atom. The van der Waals surface area contributed by atoms with Gasteiger partial charge in [-0.1, -0.05) is 13.8 Å². The van der Waals surface area contributed by atoms with Gasteiger partial charge < -0.3 is 19.3 Å². The zero-order chi connectivity index (χ0) is 20.1. The number of hydrogen-bond donors (Lipinski definition) is 1. The number of phenols is 1. The fourth-order valence-electron chi connectivity index (χ4n) is 2.91. The Morgan fingerprint density at radius 1 is 0.926 bits per heavy atom. The summed E-state index contributed by atoms with van der Waals surface area (Å²) in [6.07, 6.45) is -0.389. The Morgan fingerprint density at radius 3 is 2.00 bits per heavy atom. The van der Waals surface area contributed by atoms with E-state index in [9.17, 15) is 14.7 Å². The highest BCUT2D eigenvalue weighted by Crippen LogP contribution is 2.42. The van der Waals surface area contributed by atoms with Crippen molar-refractivity contribution in [1.82, 2.24) is 0 Å². The molecule has 27 heavy (non-hydrogen) atoms. The summed E-state index contributed by atoms with van der Waals surface area (Å²) < 4.78 is 15.6. The number of ketones is 2. The highest BCUT2D eigenvalue weighted by atomic mass is 16.5. The van der Waals surface area contributed by atoms with E-state index in [2.05, 4.69) is 0 Å². The van der Waals surface area contributed by atoms with Crippen molar-refractivity contribution < 1.29 is 28.9 Å². The molecule has 0 radical (unpaired) electrons.